The minimum absolute atomic E-state index is 0.0165. The molecule has 3 aromatic carbocycles. The number of hydrogen-bond donors (Lipinski definition) is 1. The van der Waals surface area contributed by atoms with Crippen LogP contribution in [-0.2, 0) is 34.8 Å². The van der Waals surface area contributed by atoms with E-state index in [1.807, 2.05) is 73.3 Å². The average Bonchev–Trinajstić information content (AvgIpc) is 3.52. The van der Waals surface area contributed by atoms with Crippen molar-refractivity contribution in [3.8, 4) is 0 Å². The zero-order valence-corrected chi connectivity index (χ0v) is 22.7. The first-order valence-corrected chi connectivity index (χ1v) is 14.4. The summed E-state index contributed by atoms with van der Waals surface area (Å²) in [7, 11) is -2.05. The van der Waals surface area contributed by atoms with Gasteiger partial charge in [0.25, 0.3) is 0 Å². The molecule has 1 heterocycles. The van der Waals surface area contributed by atoms with Gasteiger partial charge in [0.2, 0.25) is 15.9 Å². The summed E-state index contributed by atoms with van der Waals surface area (Å²) < 4.78 is 44.4. The van der Waals surface area contributed by atoms with Crippen molar-refractivity contribution in [2.24, 2.45) is 7.05 Å². The van der Waals surface area contributed by atoms with Crippen LogP contribution in [0.15, 0.2) is 90.1 Å². The van der Waals surface area contributed by atoms with Gasteiger partial charge in [0, 0.05) is 37.6 Å². The van der Waals surface area contributed by atoms with Crippen molar-refractivity contribution in [1.29, 1.82) is 0 Å². The zero-order chi connectivity index (χ0) is 27.6. The van der Waals surface area contributed by atoms with Gasteiger partial charge in [0.05, 0.1) is 11.4 Å². The molecule has 1 N–H and O–H groups in total. The monoisotopic (exact) mass is 546 g/mol. The summed E-state index contributed by atoms with van der Waals surface area (Å²) in [5, 5.41) is 0. The lowest BCUT2D eigenvalue weighted by Crippen LogP contribution is -2.32. The summed E-state index contributed by atoms with van der Waals surface area (Å²) in [5.74, 6) is 0.0896. The van der Waals surface area contributed by atoms with Gasteiger partial charge in [-0.2, -0.15) is 0 Å². The highest BCUT2D eigenvalue weighted by Gasteiger charge is 2.30. The molecule has 1 aliphatic rings. The molecule has 0 saturated heterocycles. The lowest BCUT2D eigenvalue weighted by atomic mass is 9.97. The molecule has 7 nitrogen and oxygen atoms in total. The van der Waals surface area contributed by atoms with E-state index in [0.717, 1.165) is 28.6 Å². The molecule has 0 unspecified atom stereocenters. The van der Waals surface area contributed by atoms with Crippen molar-refractivity contribution >= 4 is 21.6 Å². The highest BCUT2D eigenvalue weighted by Crippen LogP contribution is 2.36. The fraction of sp³-hybridized carbons (Fsp3) is 0.267. The average molecular weight is 547 g/mol. The van der Waals surface area contributed by atoms with E-state index in [9.17, 15) is 17.6 Å². The molecule has 0 saturated carbocycles. The van der Waals surface area contributed by atoms with E-state index >= 15 is 0 Å². The Kier molecular flexibility index (Phi) is 7.63. The van der Waals surface area contributed by atoms with E-state index in [4.69, 9.17) is 0 Å². The predicted octanol–water partition coefficient (Wildman–Crippen LogP) is 5.25. The molecule has 2 atom stereocenters. The normalized spacial score (nSPS) is 15.6. The van der Waals surface area contributed by atoms with Gasteiger partial charge in [-0.15, -0.1) is 0 Å². The van der Waals surface area contributed by atoms with E-state index in [1.54, 1.807) is 11.1 Å². The summed E-state index contributed by atoms with van der Waals surface area (Å²) in [6.45, 7) is 2.31. The Morgan fingerprint density at radius 1 is 1.13 bits per heavy atom. The molecule has 39 heavy (non-hydrogen) atoms. The molecule has 0 aliphatic heterocycles. The van der Waals surface area contributed by atoms with Gasteiger partial charge >= 0.3 is 0 Å². The number of rotatable bonds is 9. The molecule has 1 aliphatic carbocycles. The van der Waals surface area contributed by atoms with Crippen molar-refractivity contribution in [2.45, 2.75) is 49.6 Å². The van der Waals surface area contributed by atoms with Crippen molar-refractivity contribution in [1.82, 2.24) is 14.3 Å². The SMILES string of the molecule is C[C@@H](CC(=O)N(Cc1nccn1C)c1ccc2c(c1)[C@H](NS(=O)(=O)c1cccc(F)c1)CC2)c1ccccc1. The van der Waals surface area contributed by atoms with Crippen LogP contribution in [0.25, 0.3) is 0 Å². The Balaban J connectivity index is 1.44. The Labute approximate surface area is 228 Å². The molecule has 0 fully saturated rings. The number of aromatic nitrogens is 2. The Bertz CT molecular complexity index is 1590. The van der Waals surface area contributed by atoms with Gasteiger partial charge in [0.1, 0.15) is 11.6 Å². The summed E-state index contributed by atoms with van der Waals surface area (Å²) >= 11 is 0. The molecule has 0 radical (unpaired) electrons. The lowest BCUT2D eigenvalue weighted by molar-refractivity contribution is -0.119. The number of imidazole rings is 1. The fourth-order valence-corrected chi connectivity index (χ4v) is 6.34. The minimum Gasteiger partial charge on any atom is -0.337 e. The maximum atomic E-state index is 13.7. The number of hydrogen-bond acceptors (Lipinski definition) is 4. The third-order valence-corrected chi connectivity index (χ3v) is 8.76. The number of benzene rings is 3. The number of carbonyl (C=O) groups excluding carboxylic acids is 1. The summed E-state index contributed by atoms with van der Waals surface area (Å²) in [5.41, 5.74) is 3.61. The second kappa shape index (κ2) is 11.1. The molecule has 4 aromatic rings. The molecule has 1 amide bonds. The predicted molar refractivity (Wildman–Crippen MR) is 148 cm³/mol. The van der Waals surface area contributed by atoms with Crippen molar-refractivity contribution < 1.29 is 17.6 Å². The lowest BCUT2D eigenvalue weighted by Gasteiger charge is -2.26. The van der Waals surface area contributed by atoms with E-state index in [1.165, 1.54) is 18.2 Å². The summed E-state index contributed by atoms with van der Waals surface area (Å²) in [6.07, 6.45) is 5.12. The molecule has 0 bridgehead atoms. The zero-order valence-electron chi connectivity index (χ0n) is 21.9. The van der Waals surface area contributed by atoms with Crippen LogP contribution in [-0.4, -0.2) is 23.9 Å². The number of aryl methyl sites for hydroxylation is 2. The largest absolute Gasteiger partial charge is 0.337 e. The number of anilines is 1. The first kappa shape index (κ1) is 26.8. The topological polar surface area (TPSA) is 84.3 Å². The van der Waals surface area contributed by atoms with Crippen LogP contribution in [0.3, 0.4) is 0 Å². The van der Waals surface area contributed by atoms with Crippen LogP contribution >= 0.6 is 0 Å². The quantitative estimate of drug-likeness (QED) is 0.311. The van der Waals surface area contributed by atoms with E-state index in [2.05, 4.69) is 9.71 Å². The Morgan fingerprint density at radius 2 is 1.92 bits per heavy atom. The first-order chi connectivity index (χ1) is 18.7. The van der Waals surface area contributed by atoms with Gasteiger partial charge < -0.3 is 9.47 Å². The smallest absolute Gasteiger partial charge is 0.241 e. The summed E-state index contributed by atoms with van der Waals surface area (Å²) in [4.78, 5) is 19.8. The molecular formula is C30H31FN4O3S. The first-order valence-electron chi connectivity index (χ1n) is 12.9. The number of nitrogens with zero attached hydrogens (tertiary/aromatic N) is 3. The third kappa shape index (κ3) is 5.94. The van der Waals surface area contributed by atoms with Crippen molar-refractivity contribution in [3.05, 3.63) is 114 Å². The second-order valence-electron chi connectivity index (χ2n) is 10.0. The molecule has 9 heteroatoms. The highest BCUT2D eigenvalue weighted by molar-refractivity contribution is 7.89. The number of fused-ring (bicyclic) bond motifs is 1. The third-order valence-electron chi connectivity index (χ3n) is 7.29. The molecule has 202 valence electrons. The minimum atomic E-state index is -3.94. The van der Waals surface area contributed by atoms with Crippen LogP contribution < -0.4 is 9.62 Å². The van der Waals surface area contributed by atoms with E-state index in [-0.39, 0.29) is 23.3 Å². The Hall–Kier alpha value is -3.82. The maximum absolute atomic E-state index is 13.7. The molecule has 1 aromatic heterocycles. The number of sulfonamides is 1. The molecule has 0 spiro atoms. The van der Waals surface area contributed by atoms with Gasteiger partial charge in [-0.3, -0.25) is 4.79 Å². The number of nitrogens with one attached hydrogen (secondary N) is 1. The van der Waals surface area contributed by atoms with Gasteiger partial charge in [-0.1, -0.05) is 49.4 Å². The molecular weight excluding hydrogens is 515 g/mol. The fourth-order valence-electron chi connectivity index (χ4n) is 5.05. The van der Waals surface area contributed by atoms with Crippen LogP contribution in [0.1, 0.15) is 54.2 Å². The van der Waals surface area contributed by atoms with E-state index < -0.39 is 21.9 Å². The van der Waals surface area contributed by atoms with E-state index in [0.29, 0.717) is 24.9 Å². The van der Waals surface area contributed by atoms with Gasteiger partial charge in [-0.05, 0) is 65.8 Å². The van der Waals surface area contributed by atoms with Crippen LogP contribution in [0.4, 0.5) is 10.1 Å². The van der Waals surface area contributed by atoms with Crippen LogP contribution in [0.2, 0.25) is 0 Å². The second-order valence-corrected chi connectivity index (χ2v) is 11.7. The maximum Gasteiger partial charge on any atom is 0.241 e. The van der Waals surface area contributed by atoms with Gasteiger partial charge in [0.15, 0.2) is 0 Å². The number of carbonyl (C=O) groups is 1. The number of amides is 1. The number of halogens is 1. The standard InChI is InChI=1S/C30H31FN4O3S/c1-21(22-7-4-3-5-8-22)17-30(36)35(20-29-32-15-16-34(29)2)25-13-11-23-12-14-28(27(23)19-25)33-39(37,38)26-10-6-9-24(31)18-26/h3-11,13,15-16,18-19,21,28,33H,12,14,17,20H2,1-2H3/t21-,28+/m0/s1. The van der Waals surface area contributed by atoms with Crippen LogP contribution in [0, 0.1) is 5.82 Å². The van der Waals surface area contributed by atoms with Crippen LogP contribution in [0.5, 0.6) is 0 Å². The Morgan fingerprint density at radius 3 is 2.64 bits per heavy atom. The van der Waals surface area contributed by atoms with Gasteiger partial charge in [-0.25, -0.2) is 22.5 Å². The molecule has 5 rings (SSSR count). The van der Waals surface area contributed by atoms with Crippen molar-refractivity contribution in [2.75, 3.05) is 4.90 Å². The van der Waals surface area contributed by atoms with Crippen molar-refractivity contribution in [3.63, 3.8) is 0 Å². The highest BCUT2D eigenvalue weighted by atomic mass is 32.2. The summed E-state index contributed by atoms with van der Waals surface area (Å²) in [6, 6.07) is 20.2.